The summed E-state index contributed by atoms with van der Waals surface area (Å²) < 4.78 is 11.3. The molecule has 0 saturated carbocycles. The van der Waals surface area contributed by atoms with E-state index < -0.39 is 5.60 Å². The van der Waals surface area contributed by atoms with Crippen molar-refractivity contribution in [2.24, 2.45) is 0 Å². The average molecular weight is 456 g/mol. The normalized spacial score (nSPS) is 19.4. The molecule has 3 aromatic rings. The monoisotopic (exact) mass is 455 g/mol. The molecule has 5 rings (SSSR count). The molecule has 1 amide bonds. The van der Waals surface area contributed by atoms with Gasteiger partial charge in [-0.05, 0) is 24.3 Å². The van der Waals surface area contributed by atoms with Gasteiger partial charge >= 0.3 is 12.0 Å². The Morgan fingerprint density at radius 3 is 2.81 bits per heavy atom. The molecule has 156 valence electrons. The Morgan fingerprint density at radius 2 is 2.00 bits per heavy atom. The highest BCUT2D eigenvalue weighted by Gasteiger charge is 2.51. The molecule has 0 aliphatic carbocycles. The van der Waals surface area contributed by atoms with Gasteiger partial charge in [-0.2, -0.15) is 4.98 Å². The van der Waals surface area contributed by atoms with Gasteiger partial charge < -0.3 is 14.4 Å². The number of esters is 1. The Bertz CT molecular complexity index is 1220. The Labute approximate surface area is 187 Å². The van der Waals surface area contributed by atoms with Gasteiger partial charge in [-0.15, -0.1) is 0 Å². The van der Waals surface area contributed by atoms with Crippen LogP contribution >= 0.6 is 23.2 Å². The van der Waals surface area contributed by atoms with Crippen molar-refractivity contribution in [1.82, 2.24) is 14.9 Å². The Balaban J connectivity index is 1.35. The van der Waals surface area contributed by atoms with Gasteiger partial charge in [-0.25, -0.2) is 9.78 Å². The number of rotatable bonds is 3. The summed E-state index contributed by atoms with van der Waals surface area (Å²) in [6.07, 6.45) is 2.01. The minimum Gasteiger partial charge on any atom is -0.449 e. The molecule has 1 aromatic heterocycles. The van der Waals surface area contributed by atoms with Crippen LogP contribution in [0.25, 0.3) is 0 Å². The Hall–Kier alpha value is -3.16. The van der Waals surface area contributed by atoms with Crippen LogP contribution in [-0.4, -0.2) is 39.8 Å². The van der Waals surface area contributed by atoms with Gasteiger partial charge in [0.2, 0.25) is 0 Å². The van der Waals surface area contributed by atoms with E-state index in [0.29, 0.717) is 29.8 Å². The van der Waals surface area contributed by atoms with Crippen molar-refractivity contribution >= 4 is 35.1 Å². The molecule has 9 heteroatoms. The van der Waals surface area contributed by atoms with Gasteiger partial charge in [0.05, 0.1) is 22.7 Å². The quantitative estimate of drug-likeness (QED) is 0.427. The fourth-order valence-electron chi connectivity index (χ4n) is 3.98. The second-order valence-electron chi connectivity index (χ2n) is 7.31. The molecule has 1 spiro atoms. The first-order chi connectivity index (χ1) is 14.9. The maximum atomic E-state index is 13.1. The molecule has 2 aromatic carbocycles. The van der Waals surface area contributed by atoms with Crippen molar-refractivity contribution in [1.29, 1.82) is 0 Å². The van der Waals surface area contributed by atoms with Crippen LogP contribution in [0.2, 0.25) is 10.2 Å². The second kappa shape index (κ2) is 7.51. The molecule has 2 aliphatic rings. The first kappa shape index (κ1) is 19.8. The van der Waals surface area contributed by atoms with Crippen molar-refractivity contribution in [3.8, 4) is 11.8 Å². The molecule has 1 saturated heterocycles. The van der Waals surface area contributed by atoms with E-state index in [1.807, 2.05) is 12.1 Å². The van der Waals surface area contributed by atoms with Gasteiger partial charge in [0.1, 0.15) is 10.9 Å². The zero-order valence-electron chi connectivity index (χ0n) is 16.0. The third kappa shape index (κ3) is 3.49. The average Bonchev–Trinajstić information content (AvgIpc) is 3.30. The summed E-state index contributed by atoms with van der Waals surface area (Å²) in [6.45, 7) is 0.727. The largest absolute Gasteiger partial charge is 0.449 e. The first-order valence-corrected chi connectivity index (χ1v) is 10.3. The molecule has 1 atom stereocenters. The van der Waals surface area contributed by atoms with E-state index in [4.69, 9.17) is 32.7 Å². The fourth-order valence-corrected chi connectivity index (χ4v) is 4.36. The van der Waals surface area contributed by atoms with Crippen LogP contribution in [0.5, 0.6) is 11.8 Å². The predicted molar refractivity (Wildman–Crippen MR) is 113 cm³/mol. The van der Waals surface area contributed by atoms with Gasteiger partial charge in [0.15, 0.2) is 5.60 Å². The molecular formula is C22H15Cl2N3O4. The number of hydrogen-bond donors (Lipinski definition) is 0. The highest BCUT2D eigenvalue weighted by molar-refractivity contribution is 6.34. The van der Waals surface area contributed by atoms with Gasteiger partial charge in [-0.1, -0.05) is 41.4 Å². The van der Waals surface area contributed by atoms with E-state index >= 15 is 0 Å². The summed E-state index contributed by atoms with van der Waals surface area (Å²) in [6, 6.07) is 13.6. The fraction of sp³-hybridized carbons (Fsp3) is 0.182. The summed E-state index contributed by atoms with van der Waals surface area (Å²) in [5.41, 5.74) is 0.907. The minimum atomic E-state index is -0.803. The van der Waals surface area contributed by atoms with Gasteiger partial charge in [0.25, 0.3) is 5.91 Å². The van der Waals surface area contributed by atoms with E-state index in [1.54, 1.807) is 29.2 Å². The number of carbonyl (C=O) groups is 2. The summed E-state index contributed by atoms with van der Waals surface area (Å²) in [5, 5.41) is 0.481. The number of fused-ring (bicyclic) bond motifs is 2. The molecule has 2 aliphatic heterocycles. The van der Waals surface area contributed by atoms with Crippen molar-refractivity contribution in [2.45, 2.75) is 12.0 Å². The molecule has 0 radical (unpaired) electrons. The third-order valence-corrected chi connectivity index (χ3v) is 5.95. The number of hydrogen-bond acceptors (Lipinski definition) is 6. The number of aromatic nitrogens is 2. The van der Waals surface area contributed by atoms with Crippen LogP contribution in [0.1, 0.15) is 32.7 Å². The molecule has 7 nitrogen and oxygen atoms in total. The summed E-state index contributed by atoms with van der Waals surface area (Å²) in [7, 11) is 0. The smallest absolute Gasteiger partial charge is 0.339 e. The second-order valence-corrected chi connectivity index (χ2v) is 8.11. The number of benzene rings is 2. The third-order valence-electron chi connectivity index (χ3n) is 5.42. The molecule has 3 heterocycles. The lowest BCUT2D eigenvalue weighted by Gasteiger charge is -2.24. The lowest BCUT2D eigenvalue weighted by atomic mass is 9.91. The minimum absolute atomic E-state index is 0.0749. The molecule has 0 unspecified atom stereocenters. The van der Waals surface area contributed by atoms with E-state index in [0.717, 1.165) is 5.56 Å². The van der Waals surface area contributed by atoms with Crippen LogP contribution in [0.4, 0.5) is 0 Å². The van der Waals surface area contributed by atoms with Crippen molar-refractivity contribution in [3.63, 3.8) is 0 Å². The first-order valence-electron chi connectivity index (χ1n) is 9.53. The number of amides is 1. The van der Waals surface area contributed by atoms with E-state index in [9.17, 15) is 9.59 Å². The van der Waals surface area contributed by atoms with Crippen LogP contribution in [0.3, 0.4) is 0 Å². The van der Waals surface area contributed by atoms with E-state index in [-0.39, 0.29) is 34.6 Å². The van der Waals surface area contributed by atoms with Crippen molar-refractivity contribution in [2.75, 3.05) is 13.1 Å². The number of likely N-dealkylation sites (tertiary alicyclic amines) is 1. The van der Waals surface area contributed by atoms with Crippen LogP contribution in [0.15, 0.2) is 54.7 Å². The van der Waals surface area contributed by atoms with Crippen molar-refractivity contribution in [3.05, 3.63) is 81.6 Å². The molecule has 0 N–H and O–H groups in total. The van der Waals surface area contributed by atoms with Crippen LogP contribution < -0.4 is 4.74 Å². The van der Waals surface area contributed by atoms with Crippen molar-refractivity contribution < 1.29 is 19.1 Å². The molecule has 0 bridgehead atoms. The molecule has 31 heavy (non-hydrogen) atoms. The lowest BCUT2D eigenvalue weighted by Crippen LogP contribution is -2.34. The van der Waals surface area contributed by atoms with Gasteiger partial charge in [0, 0.05) is 30.8 Å². The Morgan fingerprint density at radius 1 is 1.16 bits per heavy atom. The Kier molecular flexibility index (Phi) is 4.79. The topological polar surface area (TPSA) is 81.6 Å². The maximum Gasteiger partial charge on any atom is 0.339 e. The number of ether oxygens (including phenoxy) is 2. The summed E-state index contributed by atoms with van der Waals surface area (Å²) in [5.74, 6) is -0.221. The maximum absolute atomic E-state index is 13.1. The van der Waals surface area contributed by atoms with E-state index in [2.05, 4.69) is 9.97 Å². The number of nitrogens with zero attached hydrogens (tertiary/aromatic N) is 3. The molecular weight excluding hydrogens is 441 g/mol. The summed E-state index contributed by atoms with van der Waals surface area (Å²) >= 11 is 12.2. The molecule has 1 fully saturated rings. The number of halogens is 2. The lowest BCUT2D eigenvalue weighted by molar-refractivity contribution is -0.00306. The van der Waals surface area contributed by atoms with Crippen LogP contribution in [-0.2, 0) is 10.3 Å². The predicted octanol–water partition coefficient (Wildman–Crippen LogP) is 4.49. The van der Waals surface area contributed by atoms with Gasteiger partial charge in [-0.3, -0.25) is 4.79 Å². The zero-order valence-corrected chi connectivity index (χ0v) is 17.6. The summed E-state index contributed by atoms with van der Waals surface area (Å²) in [4.78, 5) is 35.0. The standard InChI is InChI=1S/C22H15Cl2N3O4/c23-17-11-13(30-21-25-9-7-18(24)26-21)5-6-15(17)19(28)27-10-8-22(12-27)16-4-2-1-3-14(16)20(29)31-22/h1-7,9,11H,8,10,12H2/t22-/m0/s1. The highest BCUT2D eigenvalue weighted by Crippen LogP contribution is 2.43. The zero-order chi connectivity index (χ0) is 21.6. The SMILES string of the molecule is O=C1O[C@]2(CCN(C(=O)c3ccc(Oc4nccc(Cl)n4)cc3Cl)C2)c2ccccc21. The number of carbonyl (C=O) groups excluding carboxylic acids is 2. The van der Waals surface area contributed by atoms with Crippen LogP contribution in [0, 0.1) is 0 Å². The highest BCUT2D eigenvalue weighted by atomic mass is 35.5. The van der Waals surface area contributed by atoms with E-state index in [1.165, 1.54) is 18.3 Å².